The number of esters is 1. The summed E-state index contributed by atoms with van der Waals surface area (Å²) in [6.45, 7) is 9.44. The first kappa shape index (κ1) is 30.8. The van der Waals surface area contributed by atoms with E-state index < -0.39 is 5.60 Å². The lowest BCUT2D eigenvalue weighted by Crippen LogP contribution is -2.50. The standard InChI is InChI=1S/C35H48N2O4/c1-34(2,3)41-33(39)37(19-18-35(4)22-29-16-11-17-30(20-29)23-35)31(21-27-12-7-5-8-13-27)24-36-25-32(38)40-26-28-14-9-6-10-15-28/h5-10,12-15,22,30-31,36H,11,16-21,23-26H2,1-4H3/t30?,31-,35-/m0/s1. The van der Waals surface area contributed by atoms with Crippen molar-refractivity contribution in [3.8, 4) is 0 Å². The largest absolute Gasteiger partial charge is 0.460 e. The molecule has 2 bridgehead atoms. The molecule has 3 atom stereocenters. The number of carbonyl (C=O) groups is 2. The highest BCUT2D eigenvalue weighted by molar-refractivity contribution is 5.71. The molecule has 1 unspecified atom stereocenters. The van der Waals surface area contributed by atoms with Crippen LogP contribution >= 0.6 is 0 Å². The molecule has 0 aliphatic heterocycles. The molecule has 0 radical (unpaired) electrons. The fourth-order valence-corrected chi connectivity index (χ4v) is 6.31. The summed E-state index contributed by atoms with van der Waals surface area (Å²) in [4.78, 5) is 28.1. The number of benzene rings is 2. The molecule has 41 heavy (non-hydrogen) atoms. The van der Waals surface area contributed by atoms with E-state index in [2.05, 4.69) is 30.4 Å². The second-order valence-corrected chi connectivity index (χ2v) is 13.2. The predicted octanol–water partition coefficient (Wildman–Crippen LogP) is 7.08. The molecule has 0 aromatic heterocycles. The van der Waals surface area contributed by atoms with Crippen molar-refractivity contribution in [1.29, 1.82) is 0 Å². The van der Waals surface area contributed by atoms with Crippen LogP contribution in [0.15, 0.2) is 72.3 Å². The summed E-state index contributed by atoms with van der Waals surface area (Å²) in [5.41, 5.74) is 3.16. The third-order valence-electron chi connectivity index (χ3n) is 8.17. The van der Waals surface area contributed by atoms with Gasteiger partial charge in [-0.1, -0.05) is 79.2 Å². The Kier molecular flexibility index (Phi) is 10.7. The smallest absolute Gasteiger partial charge is 0.410 e. The van der Waals surface area contributed by atoms with Crippen LogP contribution in [0, 0.1) is 11.3 Å². The zero-order valence-electron chi connectivity index (χ0n) is 25.4. The van der Waals surface area contributed by atoms with E-state index in [4.69, 9.17) is 9.47 Å². The summed E-state index contributed by atoms with van der Waals surface area (Å²) in [5, 5.41) is 3.28. The molecule has 1 fully saturated rings. The van der Waals surface area contributed by atoms with Crippen molar-refractivity contribution < 1.29 is 19.1 Å². The number of fused-ring (bicyclic) bond motifs is 2. The average molecular weight is 561 g/mol. The Hall–Kier alpha value is -3.12. The van der Waals surface area contributed by atoms with Crippen LogP contribution in [0.25, 0.3) is 0 Å². The van der Waals surface area contributed by atoms with E-state index in [-0.39, 0.29) is 36.7 Å². The molecule has 1 N–H and O–H groups in total. The van der Waals surface area contributed by atoms with Crippen molar-refractivity contribution in [2.45, 2.75) is 90.9 Å². The summed E-state index contributed by atoms with van der Waals surface area (Å²) in [6.07, 6.45) is 9.98. The van der Waals surface area contributed by atoms with Gasteiger partial charge >= 0.3 is 12.1 Å². The van der Waals surface area contributed by atoms with Crippen LogP contribution in [0.4, 0.5) is 4.79 Å². The van der Waals surface area contributed by atoms with Gasteiger partial charge in [-0.05, 0) is 88.2 Å². The fourth-order valence-electron chi connectivity index (χ4n) is 6.31. The quantitative estimate of drug-likeness (QED) is 0.222. The van der Waals surface area contributed by atoms with Gasteiger partial charge in [-0.2, -0.15) is 0 Å². The van der Waals surface area contributed by atoms with Gasteiger partial charge in [0.15, 0.2) is 0 Å². The SMILES string of the molecule is CC(C)(C)OC(=O)N(CC[C@@]1(C)C=C2CCCC(C2)C1)[C@H](CNCC(=O)OCc1ccccc1)Cc1ccccc1. The molecule has 2 aromatic rings. The summed E-state index contributed by atoms with van der Waals surface area (Å²) in [7, 11) is 0. The van der Waals surface area contributed by atoms with E-state index in [1.807, 2.05) is 74.2 Å². The molecule has 2 aliphatic rings. The predicted molar refractivity (Wildman–Crippen MR) is 163 cm³/mol. The van der Waals surface area contributed by atoms with Gasteiger partial charge in [0.25, 0.3) is 0 Å². The van der Waals surface area contributed by atoms with Gasteiger partial charge in [0.05, 0.1) is 12.6 Å². The lowest BCUT2D eigenvalue weighted by molar-refractivity contribution is -0.143. The van der Waals surface area contributed by atoms with Gasteiger partial charge in [0.2, 0.25) is 0 Å². The Morgan fingerprint density at radius 3 is 2.39 bits per heavy atom. The van der Waals surface area contributed by atoms with E-state index in [1.165, 1.54) is 32.1 Å². The number of rotatable bonds is 12. The number of amides is 1. The molecule has 6 nitrogen and oxygen atoms in total. The minimum Gasteiger partial charge on any atom is -0.460 e. The molecule has 2 aliphatic carbocycles. The topological polar surface area (TPSA) is 67.9 Å². The maximum atomic E-state index is 13.7. The van der Waals surface area contributed by atoms with Crippen molar-refractivity contribution in [2.75, 3.05) is 19.6 Å². The van der Waals surface area contributed by atoms with Crippen LogP contribution in [0.3, 0.4) is 0 Å². The highest BCUT2D eigenvalue weighted by atomic mass is 16.6. The molecule has 0 spiro atoms. The Labute approximate surface area is 246 Å². The van der Waals surface area contributed by atoms with Crippen molar-refractivity contribution in [1.82, 2.24) is 10.2 Å². The van der Waals surface area contributed by atoms with Crippen LogP contribution in [0.1, 0.15) is 77.3 Å². The number of allylic oxidation sites excluding steroid dienone is 2. The summed E-state index contributed by atoms with van der Waals surface area (Å²) >= 11 is 0. The lowest BCUT2D eigenvalue weighted by atomic mass is 9.66. The van der Waals surface area contributed by atoms with Crippen LogP contribution in [0.5, 0.6) is 0 Å². The van der Waals surface area contributed by atoms with Gasteiger partial charge in [0, 0.05) is 13.1 Å². The van der Waals surface area contributed by atoms with E-state index in [0.717, 1.165) is 23.5 Å². The van der Waals surface area contributed by atoms with Crippen LogP contribution in [-0.4, -0.2) is 48.2 Å². The second-order valence-electron chi connectivity index (χ2n) is 13.2. The van der Waals surface area contributed by atoms with E-state index in [9.17, 15) is 9.59 Å². The number of carbonyl (C=O) groups excluding carboxylic acids is 2. The van der Waals surface area contributed by atoms with Crippen molar-refractivity contribution in [2.24, 2.45) is 11.3 Å². The Morgan fingerprint density at radius 1 is 1.05 bits per heavy atom. The Morgan fingerprint density at radius 2 is 1.73 bits per heavy atom. The fraction of sp³-hybridized carbons (Fsp3) is 0.543. The molecular weight excluding hydrogens is 512 g/mol. The van der Waals surface area contributed by atoms with Crippen LogP contribution < -0.4 is 5.32 Å². The molecule has 0 saturated heterocycles. The number of ether oxygens (including phenoxy) is 2. The molecule has 0 heterocycles. The normalized spacial score (nSPS) is 21.0. The van der Waals surface area contributed by atoms with E-state index in [0.29, 0.717) is 19.5 Å². The third kappa shape index (κ3) is 10.0. The van der Waals surface area contributed by atoms with Crippen molar-refractivity contribution in [3.05, 3.63) is 83.4 Å². The maximum Gasteiger partial charge on any atom is 0.410 e. The van der Waals surface area contributed by atoms with Crippen molar-refractivity contribution >= 4 is 12.1 Å². The molecule has 6 heteroatoms. The lowest BCUT2D eigenvalue weighted by Gasteiger charge is -2.41. The second kappa shape index (κ2) is 14.2. The minimum atomic E-state index is -0.602. The Bertz CT molecular complexity index is 1160. The molecule has 1 saturated carbocycles. The monoisotopic (exact) mass is 560 g/mol. The molecule has 4 rings (SSSR count). The highest BCUT2D eigenvalue weighted by Crippen LogP contribution is 2.46. The number of nitrogens with one attached hydrogen (secondary N) is 1. The number of hydrogen-bond donors (Lipinski definition) is 1. The number of nitrogens with zero attached hydrogens (tertiary/aromatic N) is 1. The maximum absolute atomic E-state index is 13.7. The van der Waals surface area contributed by atoms with Crippen molar-refractivity contribution in [3.63, 3.8) is 0 Å². The highest BCUT2D eigenvalue weighted by Gasteiger charge is 2.36. The first-order valence-corrected chi connectivity index (χ1v) is 15.2. The first-order valence-electron chi connectivity index (χ1n) is 15.2. The summed E-state index contributed by atoms with van der Waals surface area (Å²) in [6, 6.07) is 19.7. The average Bonchev–Trinajstić information content (AvgIpc) is 2.92. The zero-order chi connectivity index (χ0) is 29.3. The summed E-state index contributed by atoms with van der Waals surface area (Å²) in [5.74, 6) is 0.441. The van der Waals surface area contributed by atoms with Gasteiger partial charge in [-0.3, -0.25) is 4.79 Å². The molecule has 2 aromatic carbocycles. The van der Waals surface area contributed by atoms with E-state index >= 15 is 0 Å². The Balaban J connectivity index is 1.46. The third-order valence-corrected chi connectivity index (χ3v) is 8.17. The number of hydrogen-bond acceptors (Lipinski definition) is 5. The molecule has 222 valence electrons. The van der Waals surface area contributed by atoms with E-state index in [1.54, 1.807) is 5.57 Å². The minimum absolute atomic E-state index is 0.0743. The zero-order valence-corrected chi connectivity index (χ0v) is 25.4. The first-order chi connectivity index (χ1) is 19.6. The molecular formula is C35H48N2O4. The van der Waals surface area contributed by atoms with Gasteiger partial charge in [0.1, 0.15) is 12.2 Å². The van der Waals surface area contributed by atoms with Gasteiger partial charge in [-0.15, -0.1) is 0 Å². The van der Waals surface area contributed by atoms with Gasteiger partial charge < -0.3 is 19.7 Å². The van der Waals surface area contributed by atoms with Crippen LogP contribution in [-0.2, 0) is 27.3 Å². The van der Waals surface area contributed by atoms with Crippen LogP contribution in [0.2, 0.25) is 0 Å². The molecule has 1 amide bonds. The van der Waals surface area contributed by atoms with Gasteiger partial charge in [-0.25, -0.2) is 4.79 Å². The summed E-state index contributed by atoms with van der Waals surface area (Å²) < 4.78 is 11.4.